The van der Waals surface area contributed by atoms with Gasteiger partial charge >= 0.3 is 0 Å². The topological polar surface area (TPSA) is 26.3 Å². The van der Waals surface area contributed by atoms with Gasteiger partial charge in [-0.1, -0.05) is 30.3 Å². The Balaban J connectivity index is 2.28. The molecular weight excluding hydrogens is 243 g/mol. The third kappa shape index (κ3) is 3.19. The fourth-order valence-electron chi connectivity index (χ4n) is 1.87. The Kier molecular flexibility index (Phi) is 3.95. The van der Waals surface area contributed by atoms with E-state index in [1.54, 1.807) is 0 Å². The quantitative estimate of drug-likeness (QED) is 0.769. The zero-order valence-electron chi connectivity index (χ0n) is 10.9. The summed E-state index contributed by atoms with van der Waals surface area (Å²) >= 11 is 0. The smallest absolute Gasteiger partial charge is 0.163 e. The number of rotatable bonds is 4. The Hall–Kier alpha value is -2.16. The summed E-state index contributed by atoms with van der Waals surface area (Å²) in [6.07, 6.45) is -0.249. The number of hydrogen-bond acceptors (Lipinski definition) is 2. The van der Waals surface area contributed by atoms with E-state index in [9.17, 15) is 9.18 Å². The highest BCUT2D eigenvalue weighted by Gasteiger charge is 2.13. The van der Waals surface area contributed by atoms with Crippen LogP contribution in [0.5, 0.6) is 5.75 Å². The van der Waals surface area contributed by atoms with Crippen molar-refractivity contribution in [2.24, 2.45) is 0 Å². The normalized spacial score (nSPS) is 11.9. The van der Waals surface area contributed by atoms with Crippen molar-refractivity contribution in [3.05, 3.63) is 65.5 Å². The first-order valence-corrected chi connectivity index (χ1v) is 6.10. The Morgan fingerprint density at radius 1 is 1.16 bits per heavy atom. The number of Topliss-reactive ketones (excluding diaryl/α,β-unsaturated/α-hetero) is 1. The summed E-state index contributed by atoms with van der Waals surface area (Å²) in [5.74, 6) is -0.278. The molecule has 0 fully saturated rings. The molecule has 19 heavy (non-hydrogen) atoms. The molecule has 98 valence electrons. The molecule has 0 radical (unpaired) electrons. The maximum absolute atomic E-state index is 13.3. The van der Waals surface area contributed by atoms with Gasteiger partial charge in [-0.05, 0) is 31.5 Å². The van der Waals surface area contributed by atoms with E-state index in [-0.39, 0.29) is 17.6 Å². The fourth-order valence-corrected chi connectivity index (χ4v) is 1.87. The van der Waals surface area contributed by atoms with Crippen LogP contribution in [-0.2, 0) is 0 Å². The molecule has 2 rings (SSSR count). The average molecular weight is 258 g/mol. The molecule has 0 amide bonds. The van der Waals surface area contributed by atoms with E-state index in [4.69, 9.17) is 4.74 Å². The maximum Gasteiger partial charge on any atom is 0.163 e. The van der Waals surface area contributed by atoms with Gasteiger partial charge in [-0.3, -0.25) is 4.79 Å². The standard InChI is InChI=1S/C16H15FO2/c1-11(18)15-9-8-14(17)10-16(15)19-12(2)13-6-4-3-5-7-13/h3-10,12H,1-2H3. The van der Waals surface area contributed by atoms with Crippen molar-refractivity contribution in [1.29, 1.82) is 0 Å². The van der Waals surface area contributed by atoms with Gasteiger partial charge in [-0.25, -0.2) is 4.39 Å². The molecule has 2 aromatic rings. The Morgan fingerprint density at radius 2 is 1.84 bits per heavy atom. The number of halogens is 1. The molecule has 1 atom stereocenters. The van der Waals surface area contributed by atoms with Crippen LogP contribution < -0.4 is 4.74 Å². The van der Waals surface area contributed by atoms with Crippen LogP contribution in [0.25, 0.3) is 0 Å². The lowest BCUT2D eigenvalue weighted by Crippen LogP contribution is -2.06. The second-order valence-corrected chi connectivity index (χ2v) is 4.37. The molecule has 2 aromatic carbocycles. The van der Waals surface area contributed by atoms with Crippen LogP contribution >= 0.6 is 0 Å². The highest BCUT2D eigenvalue weighted by atomic mass is 19.1. The summed E-state index contributed by atoms with van der Waals surface area (Å²) in [6, 6.07) is 13.5. The lowest BCUT2D eigenvalue weighted by Gasteiger charge is -2.17. The van der Waals surface area contributed by atoms with Gasteiger partial charge in [0.15, 0.2) is 5.78 Å². The number of carbonyl (C=O) groups is 1. The van der Waals surface area contributed by atoms with Crippen molar-refractivity contribution in [2.75, 3.05) is 0 Å². The Bertz CT molecular complexity index is 579. The van der Waals surface area contributed by atoms with Crippen LogP contribution in [0.15, 0.2) is 48.5 Å². The van der Waals surface area contributed by atoms with E-state index in [0.717, 1.165) is 5.56 Å². The van der Waals surface area contributed by atoms with Crippen molar-refractivity contribution >= 4 is 5.78 Å². The van der Waals surface area contributed by atoms with Crippen LogP contribution in [0.4, 0.5) is 4.39 Å². The summed E-state index contributed by atoms with van der Waals surface area (Å²) in [5, 5.41) is 0. The lowest BCUT2D eigenvalue weighted by molar-refractivity contribution is 0.101. The van der Waals surface area contributed by atoms with Crippen molar-refractivity contribution in [1.82, 2.24) is 0 Å². The number of benzene rings is 2. The van der Waals surface area contributed by atoms with Crippen molar-refractivity contribution in [3.8, 4) is 5.75 Å². The van der Waals surface area contributed by atoms with Gasteiger partial charge < -0.3 is 4.74 Å². The molecule has 0 aliphatic rings. The van der Waals surface area contributed by atoms with Gasteiger partial charge in [-0.15, -0.1) is 0 Å². The van der Waals surface area contributed by atoms with Crippen LogP contribution in [0.3, 0.4) is 0 Å². The largest absolute Gasteiger partial charge is 0.485 e. The monoisotopic (exact) mass is 258 g/mol. The number of ether oxygens (including phenoxy) is 1. The van der Waals surface area contributed by atoms with Gasteiger partial charge in [0.25, 0.3) is 0 Å². The average Bonchev–Trinajstić information content (AvgIpc) is 2.39. The van der Waals surface area contributed by atoms with Crippen LogP contribution in [0.2, 0.25) is 0 Å². The van der Waals surface area contributed by atoms with Crippen LogP contribution in [-0.4, -0.2) is 5.78 Å². The van der Waals surface area contributed by atoms with E-state index in [0.29, 0.717) is 5.56 Å². The molecule has 1 unspecified atom stereocenters. The van der Waals surface area contributed by atoms with Crippen LogP contribution in [0, 0.1) is 5.82 Å². The predicted molar refractivity (Wildman–Crippen MR) is 71.9 cm³/mol. The summed E-state index contributed by atoms with van der Waals surface area (Å²) < 4.78 is 19.0. The first-order valence-electron chi connectivity index (χ1n) is 6.10. The molecule has 0 saturated carbocycles. The van der Waals surface area contributed by atoms with Crippen LogP contribution in [0.1, 0.15) is 35.9 Å². The molecule has 0 bridgehead atoms. The maximum atomic E-state index is 13.3. The minimum absolute atomic E-state index is 0.143. The summed E-state index contributed by atoms with van der Waals surface area (Å²) in [4.78, 5) is 11.5. The van der Waals surface area contributed by atoms with Gasteiger partial charge in [0, 0.05) is 6.07 Å². The first kappa shape index (κ1) is 13.3. The molecule has 0 N–H and O–H groups in total. The number of carbonyl (C=O) groups excluding carboxylic acids is 1. The van der Waals surface area contributed by atoms with E-state index in [1.807, 2.05) is 37.3 Å². The van der Waals surface area contributed by atoms with Crippen molar-refractivity contribution < 1.29 is 13.9 Å². The van der Waals surface area contributed by atoms with Crippen molar-refractivity contribution in [3.63, 3.8) is 0 Å². The Morgan fingerprint density at radius 3 is 2.47 bits per heavy atom. The molecule has 3 heteroatoms. The van der Waals surface area contributed by atoms with E-state index in [2.05, 4.69) is 0 Å². The molecule has 0 saturated heterocycles. The number of hydrogen-bond donors (Lipinski definition) is 0. The predicted octanol–water partition coefficient (Wildman–Crippen LogP) is 4.17. The SMILES string of the molecule is CC(=O)c1ccc(F)cc1OC(C)c1ccccc1. The third-order valence-corrected chi connectivity index (χ3v) is 2.90. The zero-order valence-corrected chi connectivity index (χ0v) is 10.9. The summed E-state index contributed by atoms with van der Waals surface area (Å²) in [7, 11) is 0. The Labute approximate surface area is 111 Å². The number of ketones is 1. The van der Waals surface area contributed by atoms with Gasteiger partial charge in [0.2, 0.25) is 0 Å². The fraction of sp³-hybridized carbons (Fsp3) is 0.188. The minimum atomic E-state index is -0.416. The highest BCUT2D eigenvalue weighted by molar-refractivity contribution is 5.96. The zero-order chi connectivity index (χ0) is 13.8. The second kappa shape index (κ2) is 5.65. The van der Waals surface area contributed by atoms with Crippen molar-refractivity contribution in [2.45, 2.75) is 20.0 Å². The molecule has 0 aliphatic heterocycles. The van der Waals surface area contributed by atoms with E-state index in [1.165, 1.54) is 25.1 Å². The third-order valence-electron chi connectivity index (χ3n) is 2.90. The molecule has 0 aliphatic carbocycles. The van der Waals surface area contributed by atoms with E-state index < -0.39 is 5.82 Å². The molecule has 0 aromatic heterocycles. The molecule has 0 heterocycles. The second-order valence-electron chi connectivity index (χ2n) is 4.37. The van der Waals surface area contributed by atoms with E-state index >= 15 is 0 Å². The molecular formula is C16H15FO2. The van der Waals surface area contributed by atoms with Gasteiger partial charge in [0.05, 0.1) is 5.56 Å². The summed E-state index contributed by atoms with van der Waals surface area (Å²) in [6.45, 7) is 3.30. The van der Waals surface area contributed by atoms with Gasteiger partial charge in [-0.2, -0.15) is 0 Å². The minimum Gasteiger partial charge on any atom is -0.485 e. The lowest BCUT2D eigenvalue weighted by atomic mass is 10.1. The first-order chi connectivity index (χ1) is 9.08. The summed E-state index contributed by atoms with van der Waals surface area (Å²) in [5.41, 5.74) is 1.37. The molecule has 0 spiro atoms. The van der Waals surface area contributed by atoms with Gasteiger partial charge in [0.1, 0.15) is 17.7 Å². The highest BCUT2D eigenvalue weighted by Crippen LogP contribution is 2.26. The molecule has 2 nitrogen and oxygen atoms in total.